The fourth-order valence-corrected chi connectivity index (χ4v) is 5.82. The highest BCUT2D eigenvalue weighted by atomic mass is 32.2. The maximum atomic E-state index is 15.1. The van der Waals surface area contributed by atoms with Crippen molar-refractivity contribution >= 4 is 28.6 Å². The third kappa shape index (κ3) is 8.03. The molecule has 1 fully saturated rings. The molecule has 1 aliphatic heterocycles. The fraction of sp³-hybridized carbons (Fsp3) is 0.312. The second kappa shape index (κ2) is 13.9. The molecule has 2 atom stereocenters. The third-order valence-electron chi connectivity index (χ3n) is 7.12. The van der Waals surface area contributed by atoms with Crippen molar-refractivity contribution in [2.45, 2.75) is 51.9 Å². The third-order valence-corrected chi connectivity index (χ3v) is 8.18. The second-order valence-corrected chi connectivity index (χ2v) is 12.0. The molecule has 0 spiro atoms. The van der Waals surface area contributed by atoms with E-state index in [-0.39, 0.29) is 23.1 Å². The summed E-state index contributed by atoms with van der Waals surface area (Å²) in [6, 6.07) is 15.9. The van der Waals surface area contributed by atoms with Gasteiger partial charge in [-0.05, 0) is 66.3 Å². The first kappa shape index (κ1) is 32.9. The summed E-state index contributed by atoms with van der Waals surface area (Å²) in [6.07, 6.45) is -7.07. The van der Waals surface area contributed by atoms with E-state index >= 15 is 4.39 Å². The Morgan fingerprint density at radius 3 is 2.43 bits per heavy atom. The smallest absolute Gasteiger partial charge is 0.406 e. The number of hydrogen-bond donors (Lipinski definition) is 1. The van der Waals surface area contributed by atoms with E-state index in [9.17, 15) is 22.4 Å². The van der Waals surface area contributed by atoms with Crippen LogP contribution in [0.25, 0.3) is 17.1 Å². The molecule has 1 aliphatic rings. The minimum absolute atomic E-state index is 0.0149. The van der Waals surface area contributed by atoms with Gasteiger partial charge in [-0.3, -0.25) is 0 Å². The molecule has 4 aromatic rings. The number of thioether (sulfide) groups is 1. The zero-order valence-electron chi connectivity index (χ0n) is 25.1. The monoisotopic (exact) mass is 658 g/mol. The predicted octanol–water partition coefficient (Wildman–Crippen LogP) is 8.28. The first-order valence-corrected chi connectivity index (χ1v) is 15.4. The van der Waals surface area contributed by atoms with Crippen molar-refractivity contribution in [3.63, 3.8) is 0 Å². The SMILES string of the molecule is Cc1ccc(C(C)C)c(N2CCCSC2=NC(=O)NC(F)C(F)c2ccc(-c3ncn(-c4ccc(OC(F)(F)F)cc4)n3)cc2)c1. The zero-order chi connectivity index (χ0) is 33.0. The van der Waals surface area contributed by atoms with Gasteiger partial charge in [0.05, 0.1) is 5.69 Å². The number of alkyl halides is 5. The molecule has 14 heteroatoms. The highest BCUT2D eigenvalue weighted by molar-refractivity contribution is 8.14. The van der Waals surface area contributed by atoms with Gasteiger partial charge in [0.15, 0.2) is 17.2 Å². The minimum atomic E-state index is -4.80. The van der Waals surface area contributed by atoms with Gasteiger partial charge in [0.2, 0.25) is 6.30 Å². The number of carbonyl (C=O) groups is 1. The Bertz CT molecular complexity index is 1690. The second-order valence-electron chi connectivity index (χ2n) is 10.9. The van der Waals surface area contributed by atoms with E-state index < -0.39 is 24.9 Å². The van der Waals surface area contributed by atoms with Gasteiger partial charge >= 0.3 is 12.4 Å². The van der Waals surface area contributed by atoms with Crippen molar-refractivity contribution in [3.8, 4) is 22.8 Å². The van der Waals surface area contributed by atoms with E-state index in [1.807, 2.05) is 29.3 Å². The maximum Gasteiger partial charge on any atom is 0.573 e. The summed E-state index contributed by atoms with van der Waals surface area (Å²) in [5.41, 5.74) is 4.02. The summed E-state index contributed by atoms with van der Waals surface area (Å²) in [4.78, 5) is 23.0. The van der Waals surface area contributed by atoms with E-state index in [1.54, 1.807) is 0 Å². The first-order chi connectivity index (χ1) is 21.9. The van der Waals surface area contributed by atoms with Crippen LogP contribution in [0.3, 0.4) is 0 Å². The molecule has 2 heterocycles. The molecule has 46 heavy (non-hydrogen) atoms. The largest absolute Gasteiger partial charge is 0.573 e. The number of amidine groups is 1. The lowest BCUT2D eigenvalue weighted by Crippen LogP contribution is -2.38. The molecule has 1 aromatic heterocycles. The highest BCUT2D eigenvalue weighted by Gasteiger charge is 2.31. The standard InChI is InChI=1S/C32H31F5N6O2S/c1-19(2)25-14-5-20(3)17-26(25)42-15-4-16-46-31(42)40-30(44)39-28(34)27(33)21-6-8-22(9-7-21)29-38-18-43(41-29)23-10-12-24(13-11-23)45-32(35,36)37/h5-14,17-19,27-28H,4,15-16H2,1-3H3,(H,39,44). The molecule has 242 valence electrons. The number of rotatable bonds is 8. The number of ether oxygens (including phenoxy) is 1. The summed E-state index contributed by atoms with van der Waals surface area (Å²) < 4.78 is 72.5. The van der Waals surface area contributed by atoms with Crippen LogP contribution in [0.15, 0.2) is 78.0 Å². The van der Waals surface area contributed by atoms with Crippen LogP contribution >= 0.6 is 11.8 Å². The van der Waals surface area contributed by atoms with Crippen LogP contribution in [0.4, 0.5) is 32.4 Å². The molecule has 8 nitrogen and oxygen atoms in total. The molecule has 0 bridgehead atoms. The number of aliphatic imine (C=N–C) groups is 1. The highest BCUT2D eigenvalue weighted by Crippen LogP contribution is 2.33. The Balaban J connectivity index is 1.23. The number of nitrogens with zero attached hydrogens (tertiary/aromatic N) is 5. The van der Waals surface area contributed by atoms with Crippen molar-refractivity contribution < 1.29 is 31.5 Å². The van der Waals surface area contributed by atoms with Crippen LogP contribution in [0, 0.1) is 6.92 Å². The van der Waals surface area contributed by atoms with Crippen LogP contribution in [0.5, 0.6) is 5.75 Å². The van der Waals surface area contributed by atoms with Crippen LogP contribution < -0.4 is 15.0 Å². The molecule has 3 aromatic carbocycles. The summed E-state index contributed by atoms with van der Waals surface area (Å²) in [5.74, 6) is 0.863. The molecule has 2 amide bonds. The predicted molar refractivity (Wildman–Crippen MR) is 168 cm³/mol. The van der Waals surface area contributed by atoms with Gasteiger partial charge in [-0.25, -0.2) is 23.2 Å². The van der Waals surface area contributed by atoms with E-state index in [4.69, 9.17) is 0 Å². The Morgan fingerprint density at radius 1 is 1.04 bits per heavy atom. The number of carbonyl (C=O) groups excluding carboxylic acids is 1. The van der Waals surface area contributed by atoms with Gasteiger partial charge in [0.1, 0.15) is 12.1 Å². The van der Waals surface area contributed by atoms with E-state index in [1.165, 1.54) is 59.2 Å². The number of aryl methyl sites for hydroxylation is 1. The normalized spacial score (nSPS) is 16.0. The number of urea groups is 1. The Labute approximate surface area is 266 Å². The van der Waals surface area contributed by atoms with Gasteiger partial charge in [-0.2, -0.15) is 4.99 Å². The molecule has 2 unspecified atom stereocenters. The van der Waals surface area contributed by atoms with Crippen LogP contribution in [0.1, 0.15) is 49.0 Å². The average molecular weight is 659 g/mol. The topological polar surface area (TPSA) is 84.6 Å². The molecular weight excluding hydrogens is 627 g/mol. The summed E-state index contributed by atoms with van der Waals surface area (Å²) in [5, 5.41) is 6.76. The number of aromatic nitrogens is 3. The molecule has 0 aliphatic carbocycles. The van der Waals surface area contributed by atoms with Crippen molar-refractivity contribution in [1.29, 1.82) is 0 Å². The van der Waals surface area contributed by atoms with Crippen LogP contribution in [0.2, 0.25) is 0 Å². The maximum absolute atomic E-state index is 15.1. The molecule has 0 radical (unpaired) electrons. The van der Waals surface area contributed by atoms with Crippen molar-refractivity contribution in [2.24, 2.45) is 4.99 Å². The number of hydrogen-bond acceptors (Lipinski definition) is 5. The van der Waals surface area contributed by atoms with Gasteiger partial charge in [-0.1, -0.05) is 62.0 Å². The number of nitrogens with one attached hydrogen (secondary N) is 1. The lowest BCUT2D eigenvalue weighted by molar-refractivity contribution is -0.274. The Morgan fingerprint density at radius 2 is 1.76 bits per heavy atom. The molecular formula is C32H31F5N6O2S. The quantitative estimate of drug-likeness (QED) is 0.152. The van der Waals surface area contributed by atoms with E-state index in [0.717, 1.165) is 41.1 Å². The minimum Gasteiger partial charge on any atom is -0.406 e. The first-order valence-electron chi connectivity index (χ1n) is 14.4. The number of halogens is 5. The summed E-state index contributed by atoms with van der Waals surface area (Å²) >= 11 is 1.39. The van der Waals surface area contributed by atoms with Gasteiger partial charge in [0, 0.05) is 23.5 Å². The molecule has 5 rings (SSSR count). The lowest BCUT2D eigenvalue weighted by atomic mass is 9.98. The lowest BCUT2D eigenvalue weighted by Gasteiger charge is -2.32. The zero-order valence-corrected chi connectivity index (χ0v) is 25.9. The number of anilines is 1. The van der Waals surface area contributed by atoms with Crippen LogP contribution in [-0.4, -0.2) is 50.9 Å². The van der Waals surface area contributed by atoms with E-state index in [0.29, 0.717) is 23.0 Å². The fourth-order valence-electron chi connectivity index (χ4n) is 4.87. The van der Waals surface area contributed by atoms with Gasteiger partial charge in [0.25, 0.3) is 0 Å². The molecule has 1 saturated heterocycles. The Hall–Kier alpha value is -4.46. The summed E-state index contributed by atoms with van der Waals surface area (Å²) in [7, 11) is 0. The van der Waals surface area contributed by atoms with Crippen molar-refractivity contribution in [3.05, 3.63) is 89.7 Å². The average Bonchev–Trinajstić information content (AvgIpc) is 3.51. The molecule has 0 saturated carbocycles. The molecule has 1 N–H and O–H groups in total. The Kier molecular flexibility index (Phi) is 9.94. The van der Waals surface area contributed by atoms with Gasteiger partial charge in [-0.15, -0.1) is 18.3 Å². The van der Waals surface area contributed by atoms with Crippen molar-refractivity contribution in [1.82, 2.24) is 20.1 Å². The van der Waals surface area contributed by atoms with E-state index in [2.05, 4.69) is 39.7 Å². The van der Waals surface area contributed by atoms with Crippen LogP contribution in [-0.2, 0) is 0 Å². The van der Waals surface area contributed by atoms with Crippen molar-refractivity contribution in [2.75, 3.05) is 17.2 Å². The summed E-state index contributed by atoms with van der Waals surface area (Å²) in [6.45, 7) is 6.81. The number of amides is 2. The van der Waals surface area contributed by atoms with Gasteiger partial charge < -0.3 is 15.0 Å². The number of benzene rings is 3.